The monoisotopic (exact) mass is 241 g/mol. The van der Waals surface area contributed by atoms with Gasteiger partial charge in [0.1, 0.15) is 0 Å². The lowest BCUT2D eigenvalue weighted by Gasteiger charge is -2.18. The minimum Gasteiger partial charge on any atom is -0.383 e. The molecule has 5 heteroatoms. The van der Waals surface area contributed by atoms with Crippen LogP contribution in [0.15, 0.2) is 0 Å². The molecule has 2 aliphatic heterocycles. The lowest BCUT2D eigenvalue weighted by atomic mass is 10.0. The molecule has 0 aromatic carbocycles. The molecule has 3 atom stereocenters. The molecule has 1 unspecified atom stereocenters. The molecule has 0 radical (unpaired) electrons. The minimum absolute atomic E-state index is 0.0938. The van der Waals surface area contributed by atoms with Gasteiger partial charge in [0.2, 0.25) is 5.91 Å². The van der Waals surface area contributed by atoms with E-state index >= 15 is 0 Å². The van der Waals surface area contributed by atoms with Gasteiger partial charge < -0.3 is 15.4 Å². The van der Waals surface area contributed by atoms with E-state index in [2.05, 4.69) is 15.5 Å². The second-order valence-electron chi connectivity index (χ2n) is 5.30. The van der Waals surface area contributed by atoms with Gasteiger partial charge in [0.15, 0.2) is 0 Å². The zero-order chi connectivity index (χ0) is 12.3. The number of nitrogens with zero attached hydrogens (tertiary/aromatic N) is 1. The van der Waals surface area contributed by atoms with Crippen molar-refractivity contribution in [3.05, 3.63) is 0 Å². The van der Waals surface area contributed by atoms with Crippen molar-refractivity contribution in [2.45, 2.75) is 13.0 Å². The Morgan fingerprint density at radius 1 is 1.47 bits per heavy atom. The fourth-order valence-corrected chi connectivity index (χ4v) is 2.90. The second kappa shape index (κ2) is 5.80. The summed E-state index contributed by atoms with van der Waals surface area (Å²) in [7, 11) is 1.65. The maximum absolute atomic E-state index is 11.8. The number of methoxy groups -OCH3 is 1. The molecular weight excluding hydrogens is 218 g/mol. The van der Waals surface area contributed by atoms with Crippen LogP contribution in [0.3, 0.4) is 0 Å². The Labute approximate surface area is 103 Å². The van der Waals surface area contributed by atoms with Crippen molar-refractivity contribution in [1.82, 2.24) is 15.5 Å². The van der Waals surface area contributed by atoms with Crippen LogP contribution in [-0.2, 0) is 9.53 Å². The van der Waals surface area contributed by atoms with E-state index in [1.807, 2.05) is 6.92 Å². The second-order valence-corrected chi connectivity index (χ2v) is 5.30. The van der Waals surface area contributed by atoms with Gasteiger partial charge in [0.05, 0.1) is 13.2 Å². The van der Waals surface area contributed by atoms with E-state index in [1.54, 1.807) is 7.11 Å². The van der Waals surface area contributed by atoms with Gasteiger partial charge in [-0.3, -0.25) is 9.69 Å². The first-order valence-electron chi connectivity index (χ1n) is 6.40. The molecule has 0 spiro atoms. The number of carbonyl (C=O) groups is 1. The van der Waals surface area contributed by atoms with Crippen LogP contribution >= 0.6 is 0 Å². The Kier molecular flexibility index (Phi) is 4.36. The number of nitrogens with one attached hydrogen (secondary N) is 2. The van der Waals surface area contributed by atoms with Crippen LogP contribution in [-0.4, -0.2) is 63.3 Å². The van der Waals surface area contributed by atoms with Crippen LogP contribution in [0.4, 0.5) is 0 Å². The molecule has 2 N–H and O–H groups in total. The van der Waals surface area contributed by atoms with E-state index in [1.165, 1.54) is 0 Å². The van der Waals surface area contributed by atoms with Crippen molar-refractivity contribution in [2.24, 2.45) is 11.8 Å². The molecule has 17 heavy (non-hydrogen) atoms. The number of likely N-dealkylation sites (tertiary alicyclic amines) is 1. The van der Waals surface area contributed by atoms with Gasteiger partial charge in [-0.05, 0) is 31.8 Å². The molecule has 2 saturated heterocycles. The minimum atomic E-state index is 0.0938. The first kappa shape index (κ1) is 12.8. The molecule has 2 heterocycles. The number of amides is 1. The van der Waals surface area contributed by atoms with Gasteiger partial charge in [0, 0.05) is 26.2 Å². The highest BCUT2D eigenvalue weighted by molar-refractivity contribution is 5.78. The highest BCUT2D eigenvalue weighted by Gasteiger charge is 2.36. The Morgan fingerprint density at radius 3 is 2.71 bits per heavy atom. The van der Waals surface area contributed by atoms with Crippen molar-refractivity contribution in [3.8, 4) is 0 Å². The first-order chi connectivity index (χ1) is 8.19. The summed E-state index contributed by atoms with van der Waals surface area (Å²) in [5.74, 6) is 1.61. The smallest absolute Gasteiger partial charge is 0.234 e. The SMILES string of the molecule is COCC(C)NC(=O)CN1C[C@H]2CNC[C@H]2C1. The Hall–Kier alpha value is -0.650. The average molecular weight is 241 g/mol. The van der Waals surface area contributed by atoms with Crippen LogP contribution in [0.25, 0.3) is 0 Å². The van der Waals surface area contributed by atoms with Crippen LogP contribution in [0.5, 0.6) is 0 Å². The van der Waals surface area contributed by atoms with Gasteiger partial charge in [-0.2, -0.15) is 0 Å². The molecule has 0 aliphatic carbocycles. The third kappa shape index (κ3) is 3.40. The molecule has 0 bridgehead atoms. The van der Waals surface area contributed by atoms with Crippen LogP contribution < -0.4 is 10.6 Å². The third-order valence-corrected chi connectivity index (χ3v) is 3.66. The number of rotatable bonds is 5. The number of fused-ring (bicyclic) bond motifs is 1. The molecule has 98 valence electrons. The van der Waals surface area contributed by atoms with Crippen LogP contribution in [0.1, 0.15) is 6.92 Å². The summed E-state index contributed by atoms with van der Waals surface area (Å²) in [6, 6.07) is 0.0938. The zero-order valence-corrected chi connectivity index (χ0v) is 10.7. The molecule has 2 fully saturated rings. The molecule has 0 aromatic heterocycles. The van der Waals surface area contributed by atoms with Gasteiger partial charge in [-0.25, -0.2) is 0 Å². The van der Waals surface area contributed by atoms with E-state index in [0.717, 1.165) is 38.0 Å². The Bertz CT molecular complexity index is 260. The summed E-state index contributed by atoms with van der Waals surface area (Å²) < 4.78 is 5.00. The van der Waals surface area contributed by atoms with Crippen molar-refractivity contribution < 1.29 is 9.53 Å². The molecule has 0 aromatic rings. The van der Waals surface area contributed by atoms with Crippen molar-refractivity contribution in [2.75, 3.05) is 46.4 Å². The summed E-state index contributed by atoms with van der Waals surface area (Å²) in [6.07, 6.45) is 0. The summed E-state index contributed by atoms with van der Waals surface area (Å²) in [5.41, 5.74) is 0. The quantitative estimate of drug-likeness (QED) is 0.667. The van der Waals surface area contributed by atoms with Gasteiger partial charge >= 0.3 is 0 Å². The number of ether oxygens (including phenoxy) is 1. The van der Waals surface area contributed by atoms with E-state index < -0.39 is 0 Å². The maximum atomic E-state index is 11.8. The highest BCUT2D eigenvalue weighted by Crippen LogP contribution is 2.25. The summed E-state index contributed by atoms with van der Waals surface area (Å²) in [4.78, 5) is 14.0. The number of hydrogen-bond donors (Lipinski definition) is 2. The standard InChI is InChI=1S/C12H23N3O2/c1-9(8-17-2)14-12(16)7-15-5-10-3-13-4-11(10)6-15/h9-11,13H,3-8H2,1-2H3,(H,14,16)/t9?,10-,11+. The lowest BCUT2D eigenvalue weighted by molar-refractivity contribution is -0.123. The average Bonchev–Trinajstić information content (AvgIpc) is 2.77. The van der Waals surface area contributed by atoms with E-state index in [0.29, 0.717) is 13.2 Å². The maximum Gasteiger partial charge on any atom is 0.234 e. The Balaban J connectivity index is 1.69. The topological polar surface area (TPSA) is 53.6 Å². The largest absolute Gasteiger partial charge is 0.383 e. The van der Waals surface area contributed by atoms with Crippen molar-refractivity contribution >= 4 is 5.91 Å². The van der Waals surface area contributed by atoms with Gasteiger partial charge in [-0.15, -0.1) is 0 Å². The fourth-order valence-electron chi connectivity index (χ4n) is 2.90. The summed E-state index contributed by atoms with van der Waals surface area (Å²) in [6.45, 7) is 7.41. The third-order valence-electron chi connectivity index (χ3n) is 3.66. The highest BCUT2D eigenvalue weighted by atomic mass is 16.5. The fraction of sp³-hybridized carbons (Fsp3) is 0.917. The molecule has 5 nitrogen and oxygen atoms in total. The van der Waals surface area contributed by atoms with Crippen molar-refractivity contribution in [1.29, 1.82) is 0 Å². The first-order valence-corrected chi connectivity index (χ1v) is 6.40. The van der Waals surface area contributed by atoms with Gasteiger partial charge in [0.25, 0.3) is 0 Å². The zero-order valence-electron chi connectivity index (χ0n) is 10.7. The summed E-state index contributed by atoms with van der Waals surface area (Å²) >= 11 is 0. The predicted molar refractivity (Wildman–Crippen MR) is 65.8 cm³/mol. The van der Waals surface area contributed by atoms with Gasteiger partial charge in [-0.1, -0.05) is 0 Å². The van der Waals surface area contributed by atoms with Crippen LogP contribution in [0.2, 0.25) is 0 Å². The molecule has 0 saturated carbocycles. The molecular formula is C12H23N3O2. The normalized spacial score (nSPS) is 30.2. The predicted octanol–water partition coefficient (Wildman–Crippen LogP) is -0.711. The van der Waals surface area contributed by atoms with Crippen molar-refractivity contribution in [3.63, 3.8) is 0 Å². The lowest BCUT2D eigenvalue weighted by Crippen LogP contribution is -2.42. The van der Waals surface area contributed by atoms with E-state index in [9.17, 15) is 4.79 Å². The van der Waals surface area contributed by atoms with Crippen LogP contribution in [0, 0.1) is 11.8 Å². The molecule has 2 rings (SSSR count). The Morgan fingerprint density at radius 2 is 2.12 bits per heavy atom. The molecule has 1 amide bonds. The summed E-state index contributed by atoms with van der Waals surface area (Å²) in [5, 5.41) is 6.36. The molecule has 2 aliphatic rings. The van der Waals surface area contributed by atoms with E-state index in [4.69, 9.17) is 4.74 Å². The van der Waals surface area contributed by atoms with E-state index in [-0.39, 0.29) is 11.9 Å². The number of hydrogen-bond acceptors (Lipinski definition) is 4. The number of carbonyl (C=O) groups excluding carboxylic acids is 1.